The zero-order chi connectivity index (χ0) is 20.3. The molecule has 0 heterocycles. The van der Waals surface area contributed by atoms with Gasteiger partial charge in [-0.25, -0.2) is 0 Å². The van der Waals surface area contributed by atoms with Gasteiger partial charge in [0.1, 0.15) is 0 Å². The Hall–Kier alpha value is -0.0800. The van der Waals surface area contributed by atoms with Crippen LogP contribution in [-0.4, -0.2) is 22.9 Å². The Morgan fingerprint density at radius 1 is 0.929 bits per heavy atom. The van der Waals surface area contributed by atoms with Crippen molar-refractivity contribution in [3.63, 3.8) is 0 Å². The molecule has 0 saturated heterocycles. The van der Waals surface area contributed by atoms with Crippen LogP contribution in [0, 0.1) is 51.8 Å². The first kappa shape index (κ1) is 21.2. The van der Waals surface area contributed by atoms with E-state index in [4.69, 9.17) is 0 Å². The number of aliphatic hydroxyl groups excluding tert-OH is 2. The molecule has 0 aliphatic heterocycles. The van der Waals surface area contributed by atoms with E-state index >= 15 is 0 Å². The van der Waals surface area contributed by atoms with Crippen LogP contribution in [0.15, 0.2) is 0 Å². The molecule has 2 N–H and O–H groups in total. The SMILES string of the molecule is CC(CO)C(C)(C)C[C@H]1CCC2C3CCC4C[C@H](O)CCC4(C)C3CCC21C. The first-order valence-electron chi connectivity index (χ1n) is 12.4. The minimum Gasteiger partial charge on any atom is -0.396 e. The molecule has 4 aliphatic rings. The predicted molar refractivity (Wildman–Crippen MR) is 116 cm³/mol. The lowest BCUT2D eigenvalue weighted by molar-refractivity contribution is -0.128. The average molecular weight is 391 g/mol. The van der Waals surface area contributed by atoms with Gasteiger partial charge in [0.25, 0.3) is 0 Å². The Morgan fingerprint density at radius 3 is 2.32 bits per heavy atom. The fraction of sp³-hybridized carbons (Fsp3) is 1.00. The predicted octanol–water partition coefficient (Wildman–Crippen LogP) is 6.05. The Labute approximate surface area is 173 Å². The van der Waals surface area contributed by atoms with Crippen molar-refractivity contribution in [2.45, 2.75) is 105 Å². The summed E-state index contributed by atoms with van der Waals surface area (Å²) in [7, 11) is 0. The summed E-state index contributed by atoms with van der Waals surface area (Å²) in [6.07, 6.45) is 13.1. The standard InChI is InChI=1S/C26H46O2/c1-17(16-27)24(2,3)15-19-7-9-22-21-8-6-18-14-20(28)10-12-25(18,4)23(21)11-13-26(19,22)5/h17-23,27-28H,6-16H2,1-5H3/t17?,18?,19-,20-,21?,22?,23?,25?,26?/m1/s1. The van der Waals surface area contributed by atoms with Crippen LogP contribution in [0.5, 0.6) is 0 Å². The highest BCUT2D eigenvalue weighted by atomic mass is 16.3. The van der Waals surface area contributed by atoms with Gasteiger partial charge < -0.3 is 10.2 Å². The number of hydrogen-bond acceptors (Lipinski definition) is 2. The van der Waals surface area contributed by atoms with Gasteiger partial charge in [-0.1, -0.05) is 34.6 Å². The lowest BCUT2D eigenvalue weighted by atomic mass is 9.44. The Bertz CT molecular complexity index is 571. The fourth-order valence-corrected chi connectivity index (χ4v) is 8.76. The fourth-order valence-electron chi connectivity index (χ4n) is 8.76. The minimum absolute atomic E-state index is 0.0323. The van der Waals surface area contributed by atoms with Gasteiger partial charge in [-0.3, -0.25) is 0 Å². The van der Waals surface area contributed by atoms with Crippen molar-refractivity contribution in [1.82, 2.24) is 0 Å². The molecule has 9 atom stereocenters. The molecule has 0 amide bonds. The van der Waals surface area contributed by atoms with E-state index in [0.29, 0.717) is 23.4 Å². The first-order chi connectivity index (χ1) is 13.1. The maximum absolute atomic E-state index is 10.2. The van der Waals surface area contributed by atoms with Crippen LogP contribution < -0.4 is 0 Å². The highest BCUT2D eigenvalue weighted by Crippen LogP contribution is 2.68. The van der Waals surface area contributed by atoms with E-state index in [1.165, 1.54) is 51.4 Å². The monoisotopic (exact) mass is 390 g/mol. The van der Waals surface area contributed by atoms with E-state index in [2.05, 4.69) is 34.6 Å². The van der Waals surface area contributed by atoms with Gasteiger partial charge in [-0.2, -0.15) is 0 Å². The van der Waals surface area contributed by atoms with E-state index in [9.17, 15) is 10.2 Å². The number of rotatable bonds is 4. The zero-order valence-corrected chi connectivity index (χ0v) is 19.2. The maximum Gasteiger partial charge on any atom is 0.0543 e. The van der Waals surface area contributed by atoms with Crippen LogP contribution in [0.1, 0.15) is 98.8 Å². The zero-order valence-electron chi connectivity index (χ0n) is 19.2. The second-order valence-corrected chi connectivity index (χ2v) is 12.7. The van der Waals surface area contributed by atoms with Crippen LogP contribution in [0.4, 0.5) is 0 Å². The van der Waals surface area contributed by atoms with Gasteiger partial charge in [0, 0.05) is 6.61 Å². The number of hydrogen-bond donors (Lipinski definition) is 2. The van der Waals surface area contributed by atoms with E-state index < -0.39 is 0 Å². The third-order valence-electron chi connectivity index (χ3n) is 11.2. The Balaban J connectivity index is 1.52. The molecule has 7 unspecified atom stereocenters. The summed E-state index contributed by atoms with van der Waals surface area (Å²) in [5.74, 6) is 4.73. The molecule has 4 fully saturated rings. The van der Waals surface area contributed by atoms with Gasteiger partial charge in [-0.05, 0) is 116 Å². The third kappa shape index (κ3) is 3.20. The van der Waals surface area contributed by atoms with E-state index in [-0.39, 0.29) is 11.5 Å². The van der Waals surface area contributed by atoms with E-state index in [1.807, 2.05) is 0 Å². The van der Waals surface area contributed by atoms with Crippen LogP contribution in [-0.2, 0) is 0 Å². The second kappa shape index (κ2) is 7.26. The van der Waals surface area contributed by atoms with Crippen LogP contribution in [0.3, 0.4) is 0 Å². The molecule has 0 aromatic heterocycles. The molecule has 28 heavy (non-hydrogen) atoms. The summed E-state index contributed by atoms with van der Waals surface area (Å²) >= 11 is 0. The molecule has 4 saturated carbocycles. The summed E-state index contributed by atoms with van der Waals surface area (Å²) in [6, 6.07) is 0. The first-order valence-corrected chi connectivity index (χ1v) is 12.4. The highest BCUT2D eigenvalue weighted by molar-refractivity contribution is 5.09. The molecule has 0 aromatic carbocycles. The number of fused-ring (bicyclic) bond motifs is 5. The van der Waals surface area contributed by atoms with Crippen LogP contribution in [0.2, 0.25) is 0 Å². The van der Waals surface area contributed by atoms with E-state index in [1.54, 1.807) is 0 Å². The van der Waals surface area contributed by atoms with Crippen LogP contribution in [0.25, 0.3) is 0 Å². The molecule has 4 rings (SSSR count). The van der Waals surface area contributed by atoms with Gasteiger partial charge in [-0.15, -0.1) is 0 Å². The Kier molecular flexibility index (Phi) is 5.49. The van der Waals surface area contributed by atoms with E-state index in [0.717, 1.165) is 42.4 Å². The molecule has 162 valence electrons. The second-order valence-electron chi connectivity index (χ2n) is 12.7. The summed E-state index contributed by atoms with van der Waals surface area (Å²) in [5.41, 5.74) is 1.24. The quantitative estimate of drug-likeness (QED) is 0.613. The largest absolute Gasteiger partial charge is 0.396 e. The minimum atomic E-state index is -0.0323. The van der Waals surface area contributed by atoms with Gasteiger partial charge in [0.15, 0.2) is 0 Å². The number of aliphatic hydroxyl groups is 2. The van der Waals surface area contributed by atoms with Crippen molar-refractivity contribution in [3.8, 4) is 0 Å². The molecule has 0 spiro atoms. The van der Waals surface area contributed by atoms with Gasteiger partial charge in [0.2, 0.25) is 0 Å². The van der Waals surface area contributed by atoms with Crippen molar-refractivity contribution in [2.24, 2.45) is 51.8 Å². The van der Waals surface area contributed by atoms with Gasteiger partial charge >= 0.3 is 0 Å². The molecule has 0 radical (unpaired) electrons. The van der Waals surface area contributed by atoms with Crippen molar-refractivity contribution < 1.29 is 10.2 Å². The summed E-state index contributed by atoms with van der Waals surface area (Å²) in [5, 5.41) is 20.0. The average Bonchev–Trinajstić information content (AvgIpc) is 2.97. The highest BCUT2D eigenvalue weighted by Gasteiger charge is 2.60. The normalized spacial score (nSPS) is 49.8. The van der Waals surface area contributed by atoms with Gasteiger partial charge in [0.05, 0.1) is 6.10 Å². The molecule has 2 heteroatoms. The lowest BCUT2D eigenvalue weighted by Gasteiger charge is -2.61. The maximum atomic E-state index is 10.2. The van der Waals surface area contributed by atoms with Crippen molar-refractivity contribution in [2.75, 3.05) is 6.61 Å². The lowest BCUT2D eigenvalue weighted by Crippen LogP contribution is -2.54. The molecule has 2 nitrogen and oxygen atoms in total. The smallest absolute Gasteiger partial charge is 0.0543 e. The topological polar surface area (TPSA) is 40.5 Å². The molecule has 4 aliphatic carbocycles. The van der Waals surface area contributed by atoms with Crippen molar-refractivity contribution in [3.05, 3.63) is 0 Å². The molecular formula is C26H46O2. The molecule has 0 aromatic rings. The third-order valence-corrected chi connectivity index (χ3v) is 11.2. The molecular weight excluding hydrogens is 344 g/mol. The van der Waals surface area contributed by atoms with Crippen molar-refractivity contribution >= 4 is 0 Å². The molecule has 0 bridgehead atoms. The van der Waals surface area contributed by atoms with Crippen molar-refractivity contribution in [1.29, 1.82) is 0 Å². The summed E-state index contributed by atoms with van der Waals surface area (Å²) in [4.78, 5) is 0. The van der Waals surface area contributed by atoms with Crippen LogP contribution >= 0.6 is 0 Å². The Morgan fingerprint density at radius 2 is 1.61 bits per heavy atom. The summed E-state index contributed by atoms with van der Waals surface area (Å²) in [6.45, 7) is 12.6. The summed E-state index contributed by atoms with van der Waals surface area (Å²) < 4.78 is 0.